The minimum atomic E-state index is -0.165. The van der Waals surface area contributed by atoms with Crippen molar-refractivity contribution in [3.8, 4) is 0 Å². The van der Waals surface area contributed by atoms with Gasteiger partial charge in [-0.15, -0.1) is 11.3 Å². The van der Waals surface area contributed by atoms with Crippen molar-refractivity contribution in [2.45, 2.75) is 39.0 Å². The summed E-state index contributed by atoms with van der Waals surface area (Å²) < 4.78 is 1.70. The number of hydrogen-bond donors (Lipinski definition) is 1. The van der Waals surface area contributed by atoms with Crippen LogP contribution in [-0.2, 0) is 18.3 Å². The van der Waals surface area contributed by atoms with E-state index in [-0.39, 0.29) is 11.8 Å². The zero-order valence-electron chi connectivity index (χ0n) is 18.4. The van der Waals surface area contributed by atoms with Gasteiger partial charge in [0.2, 0.25) is 5.91 Å². The molecule has 0 bridgehead atoms. The maximum atomic E-state index is 12.7. The van der Waals surface area contributed by atoms with E-state index in [1.54, 1.807) is 17.1 Å². The Morgan fingerprint density at radius 3 is 2.74 bits per heavy atom. The quantitative estimate of drug-likeness (QED) is 0.741. The molecular weight excluding hydrogens is 412 g/mol. The minimum absolute atomic E-state index is 0.165. The van der Waals surface area contributed by atoms with E-state index < -0.39 is 0 Å². The van der Waals surface area contributed by atoms with Crippen molar-refractivity contribution in [2.24, 2.45) is 18.9 Å². The first kappa shape index (κ1) is 22.0. The highest BCUT2D eigenvalue weighted by Crippen LogP contribution is 2.24. The summed E-state index contributed by atoms with van der Waals surface area (Å²) in [6.07, 6.45) is 8.57. The summed E-state index contributed by atoms with van der Waals surface area (Å²) in [5, 5.41) is 9.82. The Balaban J connectivity index is 1.29. The Morgan fingerprint density at radius 2 is 2.03 bits per heavy atom. The van der Waals surface area contributed by atoms with Gasteiger partial charge in [-0.2, -0.15) is 5.10 Å². The lowest BCUT2D eigenvalue weighted by atomic mass is 9.91. The van der Waals surface area contributed by atoms with Gasteiger partial charge in [0.25, 0.3) is 5.91 Å². The number of hydrogen-bond acceptors (Lipinski definition) is 6. The van der Waals surface area contributed by atoms with Crippen LogP contribution in [0.5, 0.6) is 0 Å². The molecule has 9 heteroatoms. The van der Waals surface area contributed by atoms with Crippen molar-refractivity contribution in [2.75, 3.05) is 38.0 Å². The van der Waals surface area contributed by atoms with Crippen LogP contribution < -0.4 is 5.32 Å². The summed E-state index contributed by atoms with van der Waals surface area (Å²) in [6, 6.07) is 0. The number of aryl methyl sites for hydroxylation is 1. The topological polar surface area (TPSA) is 83.4 Å². The summed E-state index contributed by atoms with van der Waals surface area (Å²) >= 11 is 1.40. The van der Waals surface area contributed by atoms with Crippen molar-refractivity contribution >= 4 is 28.3 Å². The summed E-state index contributed by atoms with van der Waals surface area (Å²) in [4.78, 5) is 33.9. The van der Waals surface area contributed by atoms with Crippen LogP contribution in [0, 0.1) is 11.8 Å². The maximum absolute atomic E-state index is 12.7. The molecule has 168 valence electrons. The molecule has 0 aromatic carbocycles. The lowest BCUT2D eigenvalue weighted by Gasteiger charge is -2.35. The summed E-state index contributed by atoms with van der Waals surface area (Å²) in [5.41, 5.74) is 1.43. The zero-order valence-corrected chi connectivity index (χ0v) is 19.2. The molecule has 2 amide bonds. The van der Waals surface area contributed by atoms with Gasteiger partial charge in [0.05, 0.1) is 17.8 Å². The number of anilines is 1. The molecule has 4 rings (SSSR count). The molecule has 1 N–H and O–H groups in total. The van der Waals surface area contributed by atoms with Gasteiger partial charge >= 0.3 is 0 Å². The normalized spacial score (nSPS) is 20.7. The number of nitrogens with zero attached hydrogens (tertiary/aromatic N) is 5. The van der Waals surface area contributed by atoms with E-state index in [4.69, 9.17) is 0 Å². The second-order valence-electron chi connectivity index (χ2n) is 8.97. The number of carbonyl (C=O) groups is 2. The number of rotatable bonds is 6. The van der Waals surface area contributed by atoms with E-state index in [2.05, 4.69) is 27.2 Å². The molecule has 2 aromatic heterocycles. The molecule has 0 radical (unpaired) electrons. The fourth-order valence-electron chi connectivity index (χ4n) is 4.71. The first-order chi connectivity index (χ1) is 15.0. The van der Waals surface area contributed by atoms with E-state index in [9.17, 15) is 9.59 Å². The van der Waals surface area contributed by atoms with E-state index >= 15 is 0 Å². The van der Waals surface area contributed by atoms with Crippen molar-refractivity contribution in [1.82, 2.24) is 24.6 Å². The largest absolute Gasteiger partial charge is 0.342 e. The standard InChI is InChI=1S/C22H32N6O2S/c1-16-4-3-8-27(13-16)15-20(29)28-9-5-17(6-10-28)12-19-18(14-26(2)25-19)21(30)24-22-23-7-11-31-22/h7,11,14,16-17H,3-6,8-10,12-13,15H2,1-2H3,(H,23,24,30)/t16-/m0/s1. The molecular formula is C22H32N6O2S. The number of thiazole rings is 1. The van der Waals surface area contributed by atoms with Crippen LogP contribution in [0.1, 0.15) is 48.7 Å². The van der Waals surface area contributed by atoms with Crippen LogP contribution in [0.3, 0.4) is 0 Å². The summed E-state index contributed by atoms with van der Waals surface area (Å²) in [6.45, 7) is 6.48. The van der Waals surface area contributed by atoms with Crippen LogP contribution in [0.2, 0.25) is 0 Å². The Morgan fingerprint density at radius 1 is 1.23 bits per heavy atom. The molecule has 0 aliphatic carbocycles. The third kappa shape index (κ3) is 5.71. The Labute approximate surface area is 187 Å². The Bertz CT molecular complexity index is 888. The Hall–Kier alpha value is -2.26. The number of aromatic nitrogens is 3. The van der Waals surface area contributed by atoms with Crippen molar-refractivity contribution < 1.29 is 9.59 Å². The monoisotopic (exact) mass is 444 g/mol. The van der Waals surface area contributed by atoms with Gasteiger partial charge in [-0.25, -0.2) is 4.98 Å². The first-order valence-electron chi connectivity index (χ1n) is 11.2. The average molecular weight is 445 g/mol. The predicted molar refractivity (Wildman–Crippen MR) is 121 cm³/mol. The van der Waals surface area contributed by atoms with Crippen molar-refractivity contribution in [1.29, 1.82) is 0 Å². The first-order valence-corrected chi connectivity index (χ1v) is 12.1. The van der Waals surface area contributed by atoms with Crippen LogP contribution in [0.25, 0.3) is 0 Å². The van der Waals surface area contributed by atoms with Crippen LogP contribution >= 0.6 is 11.3 Å². The Kier molecular flexibility index (Phi) is 7.02. The lowest BCUT2D eigenvalue weighted by molar-refractivity contribution is -0.134. The van der Waals surface area contributed by atoms with Gasteiger partial charge in [-0.3, -0.25) is 24.5 Å². The number of piperidine rings is 2. The lowest BCUT2D eigenvalue weighted by Crippen LogP contribution is -2.46. The predicted octanol–water partition coefficient (Wildman–Crippen LogP) is 2.64. The molecule has 0 spiro atoms. The van der Waals surface area contributed by atoms with Gasteiger partial charge < -0.3 is 4.90 Å². The number of nitrogens with one attached hydrogen (secondary N) is 1. The van der Waals surface area contributed by atoms with Crippen molar-refractivity contribution in [3.63, 3.8) is 0 Å². The third-order valence-electron chi connectivity index (χ3n) is 6.35. The number of likely N-dealkylation sites (tertiary alicyclic amines) is 2. The number of carbonyl (C=O) groups excluding carboxylic acids is 2. The average Bonchev–Trinajstić information content (AvgIpc) is 3.38. The minimum Gasteiger partial charge on any atom is -0.342 e. The van der Waals surface area contributed by atoms with Gasteiger partial charge in [-0.05, 0) is 50.5 Å². The summed E-state index contributed by atoms with van der Waals surface area (Å²) in [5.74, 6) is 1.21. The highest BCUT2D eigenvalue weighted by atomic mass is 32.1. The molecule has 2 saturated heterocycles. The maximum Gasteiger partial charge on any atom is 0.260 e. The fraction of sp³-hybridized carbons (Fsp3) is 0.636. The zero-order chi connectivity index (χ0) is 21.8. The van der Waals surface area contributed by atoms with Crippen LogP contribution in [0.4, 0.5) is 5.13 Å². The molecule has 31 heavy (non-hydrogen) atoms. The van der Waals surface area contributed by atoms with Gasteiger partial charge in [-0.1, -0.05) is 6.92 Å². The van der Waals surface area contributed by atoms with E-state index in [0.29, 0.717) is 29.1 Å². The number of amides is 2. The molecule has 0 saturated carbocycles. The van der Waals surface area contributed by atoms with Crippen LogP contribution in [-0.4, -0.2) is 69.1 Å². The van der Waals surface area contributed by atoms with Gasteiger partial charge in [0, 0.05) is 44.5 Å². The second kappa shape index (κ2) is 9.91. The molecule has 2 fully saturated rings. The van der Waals surface area contributed by atoms with E-state index in [0.717, 1.165) is 51.1 Å². The highest BCUT2D eigenvalue weighted by Gasteiger charge is 2.27. The van der Waals surface area contributed by atoms with Gasteiger partial charge in [0.1, 0.15) is 0 Å². The third-order valence-corrected chi connectivity index (χ3v) is 7.04. The van der Waals surface area contributed by atoms with Crippen molar-refractivity contribution in [3.05, 3.63) is 29.0 Å². The second-order valence-corrected chi connectivity index (χ2v) is 9.86. The van der Waals surface area contributed by atoms with E-state index in [1.807, 2.05) is 17.3 Å². The molecule has 2 aliphatic rings. The molecule has 4 heterocycles. The molecule has 1 atom stereocenters. The smallest absolute Gasteiger partial charge is 0.260 e. The SMILES string of the molecule is C[C@H]1CCCN(CC(=O)N2CCC(Cc3nn(C)cc3C(=O)Nc3nccs3)CC2)C1. The molecule has 0 unspecified atom stereocenters. The molecule has 2 aromatic rings. The fourth-order valence-corrected chi connectivity index (χ4v) is 5.23. The highest BCUT2D eigenvalue weighted by molar-refractivity contribution is 7.13. The molecule has 8 nitrogen and oxygen atoms in total. The van der Waals surface area contributed by atoms with Crippen LogP contribution in [0.15, 0.2) is 17.8 Å². The molecule has 2 aliphatic heterocycles. The van der Waals surface area contributed by atoms with Gasteiger partial charge in [0.15, 0.2) is 5.13 Å². The summed E-state index contributed by atoms with van der Waals surface area (Å²) in [7, 11) is 1.84. The van der Waals surface area contributed by atoms with E-state index in [1.165, 1.54) is 24.2 Å².